The summed E-state index contributed by atoms with van der Waals surface area (Å²) in [5.41, 5.74) is 17.2. The normalized spacial score (nSPS) is 14.4. The number of nitrogens with zero attached hydrogens (tertiary/aromatic N) is 2. The third kappa shape index (κ3) is 5.43. The van der Waals surface area contributed by atoms with Gasteiger partial charge in [0.05, 0.1) is 28.4 Å². The lowest BCUT2D eigenvalue weighted by Crippen LogP contribution is -2.38. The van der Waals surface area contributed by atoms with Gasteiger partial charge in [-0.25, -0.2) is 0 Å². The molecule has 2 aliphatic heterocycles. The van der Waals surface area contributed by atoms with E-state index in [0.717, 1.165) is 17.1 Å². The molecule has 0 aliphatic carbocycles. The summed E-state index contributed by atoms with van der Waals surface area (Å²) in [5.74, 6) is 0. The molecule has 0 saturated carbocycles. The van der Waals surface area contributed by atoms with Gasteiger partial charge < -0.3 is 9.80 Å². The van der Waals surface area contributed by atoms with Crippen LogP contribution in [0.4, 0.5) is 34.1 Å². The maximum absolute atomic E-state index is 2.56. The lowest BCUT2D eigenvalue weighted by molar-refractivity contribution is 0.598. The largest absolute Gasteiger partial charge is 0.309 e. The average molecular weight is 795 g/mol. The zero-order valence-electron chi connectivity index (χ0n) is 35.5. The fraction of sp³-hybridized carbons (Fsp3) is 0.100. The summed E-state index contributed by atoms with van der Waals surface area (Å²) in [4.78, 5) is 5.00. The Balaban J connectivity index is 1.01. The van der Waals surface area contributed by atoms with Crippen molar-refractivity contribution in [2.24, 2.45) is 0 Å². The molecule has 0 N–H and O–H groups in total. The molecule has 2 nitrogen and oxygen atoms in total. The van der Waals surface area contributed by atoms with E-state index in [1.165, 1.54) is 93.9 Å². The maximum atomic E-state index is 2.56. The summed E-state index contributed by atoms with van der Waals surface area (Å²) in [6.07, 6.45) is 0. The second-order valence-electron chi connectivity index (χ2n) is 18.2. The smallest absolute Gasteiger partial charge is 0.0544 e. The van der Waals surface area contributed by atoms with E-state index in [-0.39, 0.29) is 10.8 Å². The van der Waals surface area contributed by atoms with Gasteiger partial charge in [-0.3, -0.25) is 0 Å². The van der Waals surface area contributed by atoms with E-state index in [9.17, 15) is 0 Å². The lowest BCUT2D eigenvalue weighted by Gasteiger charge is -2.50. The molecule has 2 aliphatic rings. The Bertz CT molecular complexity index is 3340. The molecule has 0 unspecified atom stereocenters. The third-order valence-corrected chi connectivity index (χ3v) is 14.0. The van der Waals surface area contributed by atoms with E-state index in [1.807, 2.05) is 0 Å². The van der Waals surface area contributed by atoms with Crippen molar-refractivity contribution in [3.63, 3.8) is 0 Å². The Kier molecular flexibility index (Phi) is 7.96. The molecule has 10 aromatic rings. The van der Waals surface area contributed by atoms with Crippen molar-refractivity contribution in [1.29, 1.82) is 0 Å². The van der Waals surface area contributed by atoms with Crippen molar-refractivity contribution in [3.8, 4) is 22.3 Å². The van der Waals surface area contributed by atoms with Crippen molar-refractivity contribution in [1.82, 2.24) is 0 Å². The van der Waals surface area contributed by atoms with E-state index in [1.54, 1.807) is 0 Å². The van der Waals surface area contributed by atoms with Crippen molar-refractivity contribution < 1.29 is 0 Å². The second-order valence-corrected chi connectivity index (χ2v) is 18.2. The summed E-state index contributed by atoms with van der Waals surface area (Å²) in [7, 11) is 0. The number of hydrogen-bond donors (Lipinski definition) is 0. The van der Waals surface area contributed by atoms with Crippen LogP contribution < -0.4 is 9.80 Å². The molecule has 0 saturated heterocycles. The topological polar surface area (TPSA) is 6.48 Å². The van der Waals surface area contributed by atoms with Crippen LogP contribution in [0.1, 0.15) is 49.9 Å². The van der Waals surface area contributed by atoms with E-state index < -0.39 is 0 Å². The van der Waals surface area contributed by atoms with Crippen molar-refractivity contribution in [2.75, 3.05) is 9.80 Å². The van der Waals surface area contributed by atoms with Gasteiger partial charge in [-0.05, 0) is 127 Å². The van der Waals surface area contributed by atoms with E-state index in [0.29, 0.717) is 0 Å². The van der Waals surface area contributed by atoms with Gasteiger partial charge in [0.25, 0.3) is 0 Å². The van der Waals surface area contributed by atoms with Crippen molar-refractivity contribution in [2.45, 2.75) is 38.5 Å². The third-order valence-electron chi connectivity index (χ3n) is 14.0. The van der Waals surface area contributed by atoms with Gasteiger partial charge in [-0.2, -0.15) is 0 Å². The Morgan fingerprint density at radius 3 is 1.50 bits per heavy atom. The van der Waals surface area contributed by atoms with E-state index in [4.69, 9.17) is 0 Å². The molecule has 12 rings (SSSR count). The maximum Gasteiger partial charge on any atom is 0.0544 e. The fourth-order valence-corrected chi connectivity index (χ4v) is 10.7. The Hall–Kier alpha value is -7.42. The number of para-hydroxylation sites is 1. The van der Waals surface area contributed by atoms with Gasteiger partial charge in [0, 0.05) is 27.3 Å². The van der Waals surface area contributed by atoms with E-state index >= 15 is 0 Å². The highest BCUT2D eigenvalue weighted by Crippen LogP contribution is 2.61. The number of hydrogen-bond acceptors (Lipinski definition) is 2. The van der Waals surface area contributed by atoms with Crippen LogP contribution in [0, 0.1) is 0 Å². The molecule has 0 bridgehead atoms. The standard InChI is InChI=1S/C60H46N2/c1-59(2)50-23-11-12-24-56(50)62-57-34-31-45(36-51(57)60(3,4)53-38-46(37-52(59)58(53)62)44-28-27-39-15-5-6-18-43(39)35-44)40-29-32-47(33-30-40)61(54-25-13-19-41-16-7-9-21-48(41)54)55-26-14-20-42-17-8-10-22-49(42)55/h5-38H,1-4H3. The summed E-state index contributed by atoms with van der Waals surface area (Å²) in [6.45, 7) is 9.66. The molecule has 0 aromatic heterocycles. The first kappa shape index (κ1) is 36.4. The summed E-state index contributed by atoms with van der Waals surface area (Å²) >= 11 is 0. The SMILES string of the molecule is CC1(C)c2ccccc2N2c3ccc(-c4ccc(N(c5cccc6ccccc56)c5cccc6ccccc56)cc4)cc3C(C)(C)c3cc(-c4ccc5ccccc5c4)cc1c32. The molecule has 0 spiro atoms. The lowest BCUT2D eigenvalue weighted by atomic mass is 9.65. The molecule has 0 atom stereocenters. The van der Waals surface area contributed by atoms with Gasteiger partial charge in [0.1, 0.15) is 0 Å². The minimum absolute atomic E-state index is 0.189. The quantitative estimate of drug-likeness (QED) is 0.171. The Morgan fingerprint density at radius 1 is 0.339 bits per heavy atom. The molecule has 0 fully saturated rings. The molecule has 2 heteroatoms. The second kappa shape index (κ2) is 13.5. The molecule has 296 valence electrons. The molecule has 10 aromatic carbocycles. The number of fused-ring (bicyclic) bond motifs is 7. The summed E-state index contributed by atoms with van der Waals surface area (Å²) in [6, 6.07) is 76.6. The van der Waals surface area contributed by atoms with Gasteiger partial charge in [0.2, 0.25) is 0 Å². The summed E-state index contributed by atoms with van der Waals surface area (Å²) < 4.78 is 0. The Morgan fingerprint density at radius 2 is 0.823 bits per heavy atom. The first-order chi connectivity index (χ1) is 30.3. The van der Waals surface area contributed by atoms with Crippen LogP contribution in [0.15, 0.2) is 206 Å². The van der Waals surface area contributed by atoms with E-state index in [2.05, 4.69) is 244 Å². The predicted molar refractivity (Wildman–Crippen MR) is 263 cm³/mol. The first-order valence-electron chi connectivity index (χ1n) is 21.8. The minimum atomic E-state index is -0.277. The number of benzene rings is 10. The molecule has 62 heavy (non-hydrogen) atoms. The molecule has 0 radical (unpaired) electrons. The molecule has 0 amide bonds. The highest BCUT2D eigenvalue weighted by Gasteiger charge is 2.45. The monoisotopic (exact) mass is 794 g/mol. The Labute approximate surface area is 364 Å². The zero-order valence-corrected chi connectivity index (χ0v) is 35.5. The van der Waals surface area contributed by atoms with Crippen LogP contribution in [0.25, 0.3) is 54.6 Å². The molecular formula is C60H46N2. The number of rotatable bonds is 5. The fourth-order valence-electron chi connectivity index (χ4n) is 10.7. The zero-order chi connectivity index (χ0) is 41.7. The minimum Gasteiger partial charge on any atom is -0.309 e. The average Bonchev–Trinajstić information content (AvgIpc) is 3.31. The van der Waals surface area contributed by atoms with Crippen LogP contribution in [0.3, 0.4) is 0 Å². The van der Waals surface area contributed by atoms with Gasteiger partial charge in [0.15, 0.2) is 0 Å². The van der Waals surface area contributed by atoms with Crippen molar-refractivity contribution >= 4 is 66.4 Å². The van der Waals surface area contributed by atoms with Crippen LogP contribution in [-0.4, -0.2) is 0 Å². The van der Waals surface area contributed by atoms with Gasteiger partial charge >= 0.3 is 0 Å². The van der Waals surface area contributed by atoms with Crippen LogP contribution >= 0.6 is 0 Å². The van der Waals surface area contributed by atoms with Crippen LogP contribution in [0.5, 0.6) is 0 Å². The number of anilines is 6. The first-order valence-corrected chi connectivity index (χ1v) is 21.8. The van der Waals surface area contributed by atoms with Crippen LogP contribution in [-0.2, 0) is 10.8 Å². The highest BCUT2D eigenvalue weighted by atomic mass is 15.2. The predicted octanol–water partition coefficient (Wildman–Crippen LogP) is 16.7. The highest BCUT2D eigenvalue weighted by molar-refractivity contribution is 6.05. The van der Waals surface area contributed by atoms with Gasteiger partial charge in [-0.1, -0.05) is 173 Å². The molecule has 2 heterocycles. The summed E-state index contributed by atoms with van der Waals surface area (Å²) in [5, 5.41) is 7.42. The van der Waals surface area contributed by atoms with Crippen LogP contribution in [0.2, 0.25) is 0 Å². The van der Waals surface area contributed by atoms with Crippen molar-refractivity contribution in [3.05, 3.63) is 229 Å². The molecular weight excluding hydrogens is 749 g/mol. The van der Waals surface area contributed by atoms with Gasteiger partial charge in [-0.15, -0.1) is 0 Å².